The fourth-order valence-corrected chi connectivity index (χ4v) is 2.40. The second-order valence-corrected chi connectivity index (χ2v) is 6.38. The van der Waals surface area contributed by atoms with Crippen molar-refractivity contribution in [3.05, 3.63) is 63.9 Å². The first kappa shape index (κ1) is 20.6. The minimum absolute atomic E-state index is 0.162. The van der Waals surface area contributed by atoms with Crippen LogP contribution in [0.4, 0.5) is 4.39 Å². The molecule has 0 aliphatic carbocycles. The van der Waals surface area contributed by atoms with Crippen LogP contribution < -0.4 is 20.9 Å². The maximum Gasteiger partial charge on any atom is 0.276 e. The highest BCUT2D eigenvalue weighted by atomic mass is 35.5. The fourth-order valence-electron chi connectivity index (χ4n) is 2.15. The van der Waals surface area contributed by atoms with Gasteiger partial charge in [-0.2, -0.15) is 0 Å². The summed E-state index contributed by atoms with van der Waals surface area (Å²) in [6.45, 7) is 3.39. The number of nitrogens with one attached hydrogen (secondary N) is 3. The number of rotatable bonds is 4. The average molecular weight is 410 g/mol. The lowest BCUT2D eigenvalue weighted by Crippen LogP contribution is -2.49. The maximum absolute atomic E-state index is 13.5. The zero-order chi connectivity index (χ0) is 20.0. The highest BCUT2D eigenvalue weighted by molar-refractivity contribution is 7.80. The molecule has 9 heteroatoms. The van der Waals surface area contributed by atoms with Crippen molar-refractivity contribution in [1.29, 1.82) is 0 Å². The van der Waals surface area contributed by atoms with Gasteiger partial charge in [-0.05, 0) is 61.5 Å². The number of hydrogen-bond acceptors (Lipinski definition) is 4. The number of aryl methyl sites for hydroxylation is 2. The van der Waals surface area contributed by atoms with E-state index in [-0.39, 0.29) is 17.3 Å². The molecule has 0 spiro atoms. The average Bonchev–Trinajstić information content (AvgIpc) is 2.62. The van der Waals surface area contributed by atoms with Crippen LogP contribution in [0.15, 0.2) is 36.4 Å². The number of amides is 2. The molecule has 0 aliphatic heterocycles. The summed E-state index contributed by atoms with van der Waals surface area (Å²) in [5.74, 6) is -1.44. The first-order valence-corrected chi connectivity index (χ1v) is 8.60. The zero-order valence-corrected chi connectivity index (χ0v) is 16.1. The minimum atomic E-state index is -0.733. The Morgan fingerprint density at radius 1 is 1.15 bits per heavy atom. The molecule has 27 heavy (non-hydrogen) atoms. The number of ether oxygens (including phenoxy) is 1. The Morgan fingerprint density at radius 3 is 2.41 bits per heavy atom. The molecule has 0 heterocycles. The summed E-state index contributed by atoms with van der Waals surface area (Å²) in [5.41, 5.74) is 6.13. The lowest BCUT2D eigenvalue weighted by Gasteiger charge is -2.12. The van der Waals surface area contributed by atoms with Crippen molar-refractivity contribution in [2.45, 2.75) is 13.8 Å². The first-order chi connectivity index (χ1) is 12.8. The van der Waals surface area contributed by atoms with Crippen molar-refractivity contribution >= 4 is 40.7 Å². The van der Waals surface area contributed by atoms with Gasteiger partial charge in [-0.1, -0.05) is 23.7 Å². The van der Waals surface area contributed by atoms with E-state index in [1.807, 2.05) is 13.8 Å². The molecular formula is C18H17ClFN3O3S. The largest absolute Gasteiger partial charge is 0.484 e. The van der Waals surface area contributed by atoms with E-state index in [0.29, 0.717) is 10.8 Å². The third-order valence-electron chi connectivity index (χ3n) is 3.44. The number of carbonyl (C=O) groups is 2. The predicted molar refractivity (Wildman–Crippen MR) is 104 cm³/mol. The highest BCUT2D eigenvalue weighted by Gasteiger charge is 2.13. The van der Waals surface area contributed by atoms with Crippen molar-refractivity contribution in [1.82, 2.24) is 16.2 Å². The Labute approximate surface area is 166 Å². The van der Waals surface area contributed by atoms with Crippen molar-refractivity contribution in [3.63, 3.8) is 0 Å². The molecule has 3 N–H and O–H groups in total. The molecule has 0 bridgehead atoms. The lowest BCUT2D eigenvalue weighted by molar-refractivity contribution is -0.123. The van der Waals surface area contributed by atoms with E-state index in [9.17, 15) is 14.0 Å². The Kier molecular flexibility index (Phi) is 7.09. The highest BCUT2D eigenvalue weighted by Crippen LogP contribution is 2.25. The Balaban J connectivity index is 1.79. The van der Waals surface area contributed by atoms with Gasteiger partial charge in [0.1, 0.15) is 11.6 Å². The van der Waals surface area contributed by atoms with Gasteiger partial charge in [0.25, 0.3) is 11.8 Å². The van der Waals surface area contributed by atoms with Gasteiger partial charge >= 0.3 is 0 Å². The molecule has 2 amide bonds. The molecule has 2 rings (SSSR count). The molecule has 0 aromatic heterocycles. The number of hydrazine groups is 1. The molecule has 2 aromatic carbocycles. The van der Waals surface area contributed by atoms with Crippen molar-refractivity contribution < 1.29 is 18.7 Å². The van der Waals surface area contributed by atoms with Crippen LogP contribution in [-0.4, -0.2) is 23.5 Å². The molecule has 2 aromatic rings. The molecular weight excluding hydrogens is 393 g/mol. The molecule has 0 unspecified atom stereocenters. The Bertz CT molecular complexity index is 869. The number of benzene rings is 2. The summed E-state index contributed by atoms with van der Waals surface area (Å²) in [5, 5.41) is 2.72. The zero-order valence-electron chi connectivity index (χ0n) is 14.6. The van der Waals surface area contributed by atoms with Crippen LogP contribution in [-0.2, 0) is 4.79 Å². The van der Waals surface area contributed by atoms with Gasteiger partial charge in [-0.15, -0.1) is 0 Å². The van der Waals surface area contributed by atoms with Crippen LogP contribution in [0.1, 0.15) is 21.5 Å². The van der Waals surface area contributed by atoms with Gasteiger partial charge < -0.3 is 4.74 Å². The standard InChI is InChI=1S/C18H17ClFN3O3S/c1-10-7-12(8-11(2)16(10)19)26-9-15(24)22-23-18(27)21-17(25)13-5-3-4-6-14(13)20/h3-8H,9H2,1-2H3,(H,22,24)(H2,21,23,25,27). The summed E-state index contributed by atoms with van der Waals surface area (Å²) in [6, 6.07) is 8.89. The van der Waals surface area contributed by atoms with E-state index >= 15 is 0 Å². The summed E-state index contributed by atoms with van der Waals surface area (Å²) >= 11 is 11.0. The van der Waals surface area contributed by atoms with Crippen LogP contribution in [0, 0.1) is 19.7 Å². The second kappa shape index (κ2) is 9.29. The van der Waals surface area contributed by atoms with Gasteiger partial charge in [0.2, 0.25) is 0 Å². The Hall–Kier alpha value is -2.71. The maximum atomic E-state index is 13.5. The van der Waals surface area contributed by atoms with E-state index in [0.717, 1.165) is 17.2 Å². The minimum Gasteiger partial charge on any atom is -0.484 e. The summed E-state index contributed by atoms with van der Waals surface area (Å²) < 4.78 is 18.9. The van der Waals surface area contributed by atoms with Crippen molar-refractivity contribution in [2.24, 2.45) is 0 Å². The molecule has 0 radical (unpaired) electrons. The van der Waals surface area contributed by atoms with E-state index in [1.165, 1.54) is 18.2 Å². The molecule has 0 aliphatic rings. The van der Waals surface area contributed by atoms with Crippen LogP contribution in [0.3, 0.4) is 0 Å². The monoisotopic (exact) mass is 409 g/mol. The number of halogens is 2. The molecule has 142 valence electrons. The molecule has 0 saturated heterocycles. The summed E-state index contributed by atoms with van der Waals surface area (Å²) in [7, 11) is 0. The van der Waals surface area contributed by atoms with Gasteiger partial charge in [0.05, 0.1) is 5.56 Å². The molecule has 6 nitrogen and oxygen atoms in total. The normalized spacial score (nSPS) is 10.1. The number of hydrogen-bond donors (Lipinski definition) is 3. The smallest absolute Gasteiger partial charge is 0.276 e. The fraction of sp³-hybridized carbons (Fsp3) is 0.167. The summed E-state index contributed by atoms with van der Waals surface area (Å²) in [4.78, 5) is 23.7. The topological polar surface area (TPSA) is 79.5 Å². The van der Waals surface area contributed by atoms with E-state index in [2.05, 4.69) is 16.2 Å². The van der Waals surface area contributed by atoms with Gasteiger partial charge in [0, 0.05) is 5.02 Å². The number of carbonyl (C=O) groups excluding carboxylic acids is 2. The van der Waals surface area contributed by atoms with E-state index in [1.54, 1.807) is 12.1 Å². The van der Waals surface area contributed by atoms with E-state index < -0.39 is 17.6 Å². The van der Waals surface area contributed by atoms with Crippen molar-refractivity contribution in [2.75, 3.05) is 6.61 Å². The molecule has 0 saturated carbocycles. The Morgan fingerprint density at radius 2 is 1.78 bits per heavy atom. The summed E-state index contributed by atoms with van der Waals surface area (Å²) in [6.07, 6.45) is 0. The van der Waals surface area contributed by atoms with Gasteiger partial charge in [-0.25, -0.2) is 4.39 Å². The quantitative estimate of drug-likeness (QED) is 0.534. The van der Waals surface area contributed by atoms with Crippen LogP contribution >= 0.6 is 23.8 Å². The third-order valence-corrected chi connectivity index (χ3v) is 4.24. The van der Waals surface area contributed by atoms with Crippen molar-refractivity contribution in [3.8, 4) is 5.75 Å². The van der Waals surface area contributed by atoms with E-state index in [4.69, 9.17) is 28.6 Å². The first-order valence-electron chi connectivity index (χ1n) is 7.82. The number of thiocarbonyl (C=S) groups is 1. The van der Waals surface area contributed by atoms with Crippen LogP contribution in [0.25, 0.3) is 0 Å². The predicted octanol–water partition coefficient (Wildman–Crippen LogP) is 2.81. The second-order valence-electron chi connectivity index (χ2n) is 5.60. The molecule has 0 fully saturated rings. The lowest BCUT2D eigenvalue weighted by atomic mass is 10.1. The third kappa shape index (κ3) is 5.90. The van der Waals surface area contributed by atoms with Crippen LogP contribution in [0.5, 0.6) is 5.75 Å². The van der Waals surface area contributed by atoms with Crippen LogP contribution in [0.2, 0.25) is 5.02 Å². The molecule has 0 atom stereocenters. The van der Waals surface area contributed by atoms with Gasteiger partial charge in [0.15, 0.2) is 11.7 Å². The SMILES string of the molecule is Cc1cc(OCC(=O)NNC(=S)NC(=O)c2ccccc2F)cc(C)c1Cl. The van der Waals surface area contributed by atoms with Gasteiger partial charge in [-0.3, -0.25) is 25.8 Å².